The number of ether oxygens (including phenoxy) is 2. The quantitative estimate of drug-likeness (QED) is 0.416. The standard InChI is InChI=1S/C16H9F6N3O4.Li/c17-15(18,19)7-28-10-2-1-4-23-13(10)29-8-3-5-25-9(6-8)11(16(20,21)22)12(24-25)14(26)27;/h1-6H,7H2,(H,26,27);/q;+1/p-1. The van der Waals surface area contributed by atoms with Crippen molar-refractivity contribution in [2.45, 2.75) is 12.4 Å². The van der Waals surface area contributed by atoms with Crippen LogP contribution in [0.1, 0.15) is 16.1 Å². The molecule has 7 nitrogen and oxygen atoms in total. The van der Waals surface area contributed by atoms with E-state index >= 15 is 0 Å². The normalized spacial score (nSPS) is 11.8. The van der Waals surface area contributed by atoms with Gasteiger partial charge in [-0.05, 0) is 18.2 Å². The van der Waals surface area contributed by atoms with Crippen molar-refractivity contribution in [2.75, 3.05) is 6.61 Å². The SMILES string of the molecule is O=C([O-])c1nn2ccc(Oc3ncccc3OCC(F)(F)F)cc2c1C(F)(F)F.[Li+]. The molecule has 3 rings (SSSR count). The molecule has 0 N–H and O–H groups in total. The fourth-order valence-corrected chi connectivity index (χ4v) is 2.35. The van der Waals surface area contributed by atoms with Gasteiger partial charge in [0.05, 0.1) is 11.5 Å². The second-order valence-corrected chi connectivity index (χ2v) is 5.51. The minimum atomic E-state index is -5.07. The Labute approximate surface area is 175 Å². The predicted octanol–water partition coefficient (Wildman–Crippen LogP) is -0.151. The smallest absolute Gasteiger partial charge is 0.543 e. The Hall–Kier alpha value is -2.91. The zero-order valence-corrected chi connectivity index (χ0v) is 14.9. The van der Waals surface area contributed by atoms with E-state index in [0.717, 1.165) is 24.4 Å². The number of rotatable bonds is 5. The zero-order chi connectivity index (χ0) is 21.4. The third-order valence-corrected chi connectivity index (χ3v) is 3.43. The van der Waals surface area contributed by atoms with Crippen molar-refractivity contribution in [3.63, 3.8) is 0 Å². The van der Waals surface area contributed by atoms with Gasteiger partial charge in [0.1, 0.15) is 17.0 Å². The number of carbonyl (C=O) groups is 1. The first-order chi connectivity index (χ1) is 13.5. The summed E-state index contributed by atoms with van der Waals surface area (Å²) in [6.45, 7) is -1.64. The summed E-state index contributed by atoms with van der Waals surface area (Å²) in [5.41, 5.74) is -3.54. The van der Waals surface area contributed by atoms with Gasteiger partial charge < -0.3 is 19.4 Å². The third kappa shape index (κ3) is 5.16. The Morgan fingerprint density at radius 2 is 1.87 bits per heavy atom. The maximum Gasteiger partial charge on any atom is 1.00 e. The molecule has 0 bridgehead atoms. The molecule has 0 amide bonds. The van der Waals surface area contributed by atoms with Crippen LogP contribution in [0.3, 0.4) is 0 Å². The molecule has 0 fully saturated rings. The van der Waals surface area contributed by atoms with Gasteiger partial charge in [-0.15, -0.1) is 0 Å². The summed E-state index contributed by atoms with van der Waals surface area (Å²) in [4.78, 5) is 14.7. The van der Waals surface area contributed by atoms with Gasteiger partial charge >= 0.3 is 31.2 Å². The second kappa shape index (κ2) is 8.45. The fraction of sp³-hybridized carbons (Fsp3) is 0.188. The molecule has 3 aromatic rings. The van der Waals surface area contributed by atoms with Crippen LogP contribution in [-0.4, -0.2) is 33.4 Å². The Bertz CT molecular complexity index is 1070. The van der Waals surface area contributed by atoms with E-state index in [4.69, 9.17) is 4.74 Å². The number of alkyl halides is 6. The average Bonchev–Trinajstić information content (AvgIpc) is 2.99. The van der Waals surface area contributed by atoms with Crippen LogP contribution in [0.15, 0.2) is 36.7 Å². The molecule has 0 saturated carbocycles. The fourth-order valence-electron chi connectivity index (χ4n) is 2.35. The van der Waals surface area contributed by atoms with Crippen LogP contribution in [0, 0.1) is 0 Å². The molecule has 0 saturated heterocycles. The summed E-state index contributed by atoms with van der Waals surface area (Å²) < 4.78 is 87.4. The van der Waals surface area contributed by atoms with Gasteiger partial charge in [-0.25, -0.2) is 9.50 Å². The first-order valence-electron chi connectivity index (χ1n) is 7.59. The van der Waals surface area contributed by atoms with Crippen molar-refractivity contribution < 1.29 is 64.6 Å². The van der Waals surface area contributed by atoms with E-state index in [0.29, 0.717) is 4.52 Å². The zero-order valence-electron chi connectivity index (χ0n) is 14.9. The molecule has 0 aliphatic heterocycles. The van der Waals surface area contributed by atoms with Crippen LogP contribution < -0.4 is 33.4 Å². The van der Waals surface area contributed by atoms with Crippen LogP contribution >= 0.6 is 0 Å². The van der Waals surface area contributed by atoms with Crippen molar-refractivity contribution >= 4 is 11.5 Å². The molecule has 3 heterocycles. The number of hydrogen-bond acceptors (Lipinski definition) is 6. The van der Waals surface area contributed by atoms with E-state index in [-0.39, 0.29) is 24.6 Å². The molecule has 0 radical (unpaired) electrons. The van der Waals surface area contributed by atoms with Gasteiger partial charge in [0.2, 0.25) is 0 Å². The number of carbonyl (C=O) groups excluding carboxylic acids is 1. The second-order valence-electron chi connectivity index (χ2n) is 5.51. The summed E-state index contributed by atoms with van der Waals surface area (Å²) in [6, 6.07) is 4.32. The minimum absolute atomic E-state index is 0. The Kier molecular flexibility index (Phi) is 6.58. The Morgan fingerprint density at radius 1 is 1.17 bits per heavy atom. The summed E-state index contributed by atoms with van der Waals surface area (Å²) >= 11 is 0. The number of aromatic nitrogens is 3. The van der Waals surface area contributed by atoms with Crippen molar-refractivity contribution in [2.24, 2.45) is 0 Å². The molecule has 154 valence electrons. The van der Waals surface area contributed by atoms with Crippen molar-refractivity contribution in [3.05, 3.63) is 47.9 Å². The van der Waals surface area contributed by atoms with Crippen LogP contribution in [-0.2, 0) is 6.18 Å². The van der Waals surface area contributed by atoms with E-state index in [2.05, 4.69) is 14.8 Å². The number of nitrogens with zero attached hydrogens (tertiary/aromatic N) is 3. The van der Waals surface area contributed by atoms with Gasteiger partial charge in [-0.1, -0.05) is 0 Å². The summed E-state index contributed by atoms with van der Waals surface area (Å²) in [6.07, 6.45) is -7.55. The van der Waals surface area contributed by atoms with Crippen LogP contribution in [0.5, 0.6) is 17.4 Å². The number of halogens is 6. The van der Waals surface area contributed by atoms with Gasteiger partial charge in [-0.2, -0.15) is 31.4 Å². The maximum absolute atomic E-state index is 13.3. The number of pyridine rings is 2. The number of aromatic carboxylic acids is 1. The largest absolute Gasteiger partial charge is 1.00 e. The predicted molar refractivity (Wildman–Crippen MR) is 80.4 cm³/mol. The van der Waals surface area contributed by atoms with E-state index in [1.807, 2.05) is 0 Å². The van der Waals surface area contributed by atoms with E-state index in [1.165, 1.54) is 12.3 Å². The minimum Gasteiger partial charge on any atom is -0.543 e. The van der Waals surface area contributed by atoms with Crippen LogP contribution in [0.4, 0.5) is 26.3 Å². The number of hydrogen-bond donors (Lipinski definition) is 0. The molecule has 3 aromatic heterocycles. The van der Waals surface area contributed by atoms with E-state index in [9.17, 15) is 36.2 Å². The summed E-state index contributed by atoms with van der Waals surface area (Å²) in [5, 5.41) is 14.3. The molecule has 0 aliphatic rings. The average molecular weight is 427 g/mol. The molecule has 0 aliphatic carbocycles. The monoisotopic (exact) mass is 427 g/mol. The van der Waals surface area contributed by atoms with Crippen molar-refractivity contribution in [3.8, 4) is 17.4 Å². The Morgan fingerprint density at radius 3 is 2.47 bits per heavy atom. The molecule has 0 spiro atoms. The molecular formula is C16H8F6LiN3O4. The van der Waals surface area contributed by atoms with Crippen LogP contribution in [0.2, 0.25) is 0 Å². The number of carboxylic acids is 1. The van der Waals surface area contributed by atoms with E-state index < -0.39 is 53.3 Å². The molecule has 0 aromatic carbocycles. The molecule has 0 atom stereocenters. The molecule has 14 heteroatoms. The molecule has 0 unspecified atom stereocenters. The Balaban J connectivity index is 0.00000320. The third-order valence-electron chi connectivity index (χ3n) is 3.43. The molecular weight excluding hydrogens is 419 g/mol. The first kappa shape index (κ1) is 23.4. The van der Waals surface area contributed by atoms with Crippen molar-refractivity contribution in [1.82, 2.24) is 14.6 Å². The number of carboxylic acid groups (broad SMARTS) is 1. The van der Waals surface area contributed by atoms with Gasteiger partial charge in [-0.3, -0.25) is 0 Å². The van der Waals surface area contributed by atoms with Gasteiger partial charge in [0.25, 0.3) is 5.88 Å². The van der Waals surface area contributed by atoms with Crippen molar-refractivity contribution in [1.29, 1.82) is 0 Å². The number of fused-ring (bicyclic) bond motifs is 1. The maximum atomic E-state index is 13.3. The van der Waals surface area contributed by atoms with E-state index in [1.54, 1.807) is 0 Å². The molecule has 30 heavy (non-hydrogen) atoms. The van der Waals surface area contributed by atoms with Gasteiger partial charge in [0.15, 0.2) is 12.4 Å². The first-order valence-corrected chi connectivity index (χ1v) is 7.59. The van der Waals surface area contributed by atoms with Gasteiger partial charge in [0, 0.05) is 18.5 Å². The topological polar surface area (TPSA) is 88.8 Å². The van der Waals surface area contributed by atoms with Crippen LogP contribution in [0.25, 0.3) is 5.52 Å². The summed E-state index contributed by atoms with van der Waals surface area (Å²) in [7, 11) is 0. The summed E-state index contributed by atoms with van der Waals surface area (Å²) in [5.74, 6) is -3.24.